The van der Waals surface area contributed by atoms with Gasteiger partial charge in [-0.1, -0.05) is 36.4 Å². The number of rotatable bonds is 3. The Hall–Kier alpha value is -3.28. The molecule has 0 aromatic heterocycles. The van der Waals surface area contributed by atoms with E-state index in [0.29, 0.717) is 10.5 Å². The second kappa shape index (κ2) is 7.65. The molecular weight excluding hydrogens is 296 g/mol. The zero-order chi connectivity index (χ0) is 16.7. The van der Waals surface area contributed by atoms with E-state index in [9.17, 15) is 14.4 Å². The van der Waals surface area contributed by atoms with Crippen molar-refractivity contribution in [3.8, 4) is 0 Å². The first-order chi connectivity index (χ1) is 11.1. The Morgan fingerprint density at radius 3 is 1.96 bits per heavy atom. The van der Waals surface area contributed by atoms with Gasteiger partial charge >= 0.3 is 6.09 Å². The molecule has 6 nitrogen and oxygen atoms in total. The molecule has 23 heavy (non-hydrogen) atoms. The number of methoxy groups -OCH3 is 1. The van der Waals surface area contributed by atoms with Gasteiger partial charge in [0, 0.05) is 11.1 Å². The van der Waals surface area contributed by atoms with Gasteiger partial charge in [0.2, 0.25) is 0 Å². The first-order valence-corrected chi connectivity index (χ1v) is 6.73. The van der Waals surface area contributed by atoms with Crippen LogP contribution in [0.1, 0.15) is 20.7 Å². The fourth-order valence-electron chi connectivity index (χ4n) is 1.77. The highest BCUT2D eigenvalue weighted by Gasteiger charge is 2.22. The molecule has 2 rings (SSSR count). The van der Waals surface area contributed by atoms with Gasteiger partial charge in [0.1, 0.15) is 6.34 Å². The second-order valence-electron chi connectivity index (χ2n) is 4.43. The summed E-state index contributed by atoms with van der Waals surface area (Å²) in [5, 5.41) is 0. The predicted octanol–water partition coefficient (Wildman–Crippen LogP) is 2.76. The van der Waals surface area contributed by atoms with Crippen molar-refractivity contribution in [1.29, 1.82) is 0 Å². The Labute approximate surface area is 133 Å². The van der Waals surface area contributed by atoms with Crippen molar-refractivity contribution < 1.29 is 19.1 Å². The number of aliphatic imine (C=N–C) groups is 1. The number of hydrogen-bond donors (Lipinski definition) is 0. The topological polar surface area (TPSA) is 76.0 Å². The van der Waals surface area contributed by atoms with E-state index < -0.39 is 17.9 Å². The van der Waals surface area contributed by atoms with Gasteiger partial charge < -0.3 is 4.74 Å². The molecule has 3 amide bonds. The Morgan fingerprint density at radius 1 is 0.913 bits per heavy atom. The third-order valence-corrected chi connectivity index (χ3v) is 2.92. The normalized spacial score (nSPS) is 10.3. The Kier molecular flexibility index (Phi) is 5.35. The molecule has 116 valence electrons. The summed E-state index contributed by atoms with van der Waals surface area (Å²) in [6, 6.07) is 16.5. The minimum absolute atomic E-state index is 0.275. The maximum Gasteiger partial charge on any atom is 0.421 e. The number of amides is 3. The van der Waals surface area contributed by atoms with E-state index in [4.69, 9.17) is 0 Å². The number of nitrogens with zero attached hydrogens (tertiary/aromatic N) is 2. The van der Waals surface area contributed by atoms with Crippen molar-refractivity contribution in [3.63, 3.8) is 0 Å². The number of carbonyl (C=O) groups excluding carboxylic acids is 3. The molecule has 0 radical (unpaired) electrons. The number of hydrogen-bond acceptors (Lipinski definition) is 4. The smallest absolute Gasteiger partial charge is 0.421 e. The Morgan fingerprint density at radius 2 is 1.43 bits per heavy atom. The molecular formula is C17H14N2O4. The summed E-state index contributed by atoms with van der Waals surface area (Å²) in [6.07, 6.45) is -0.0558. The van der Waals surface area contributed by atoms with Crippen molar-refractivity contribution >= 4 is 24.2 Å². The summed E-state index contributed by atoms with van der Waals surface area (Å²) in [5.41, 5.74) is 0.622. The summed E-state index contributed by atoms with van der Waals surface area (Å²) in [4.78, 5) is 40.3. The Balaban J connectivity index is 2.23. The molecule has 0 bridgehead atoms. The van der Waals surface area contributed by atoms with Gasteiger partial charge in [-0.05, 0) is 24.3 Å². The maximum absolute atomic E-state index is 12.3. The van der Waals surface area contributed by atoms with Crippen LogP contribution >= 0.6 is 0 Å². The maximum atomic E-state index is 12.3. The van der Waals surface area contributed by atoms with Gasteiger partial charge in [-0.15, -0.1) is 0 Å². The van der Waals surface area contributed by atoms with E-state index in [-0.39, 0.29) is 5.56 Å². The first-order valence-electron chi connectivity index (χ1n) is 6.73. The molecule has 0 aliphatic carbocycles. The second-order valence-corrected chi connectivity index (χ2v) is 4.43. The number of imide groups is 1. The van der Waals surface area contributed by atoms with E-state index in [2.05, 4.69) is 9.73 Å². The van der Waals surface area contributed by atoms with E-state index in [1.54, 1.807) is 60.7 Å². The largest absolute Gasteiger partial charge is 0.452 e. The third kappa shape index (κ3) is 4.10. The molecule has 2 aromatic rings. The number of carbonyl (C=O) groups is 3. The molecule has 0 unspecified atom stereocenters. The average Bonchev–Trinajstić information content (AvgIpc) is 2.62. The van der Waals surface area contributed by atoms with E-state index in [1.807, 2.05) is 0 Å². The van der Waals surface area contributed by atoms with Crippen molar-refractivity contribution in [2.24, 2.45) is 4.99 Å². The van der Waals surface area contributed by atoms with Crippen molar-refractivity contribution in [2.75, 3.05) is 7.11 Å². The fourth-order valence-corrected chi connectivity index (χ4v) is 1.77. The molecule has 0 N–H and O–H groups in total. The fraction of sp³-hybridized carbons (Fsp3) is 0.0588. The average molecular weight is 310 g/mol. The van der Waals surface area contributed by atoms with E-state index in [0.717, 1.165) is 13.4 Å². The van der Waals surface area contributed by atoms with Gasteiger partial charge in [0.05, 0.1) is 7.11 Å². The highest BCUT2D eigenvalue weighted by atomic mass is 16.5. The third-order valence-electron chi connectivity index (χ3n) is 2.92. The minimum atomic E-state index is -0.927. The lowest BCUT2D eigenvalue weighted by atomic mass is 10.2. The zero-order valence-corrected chi connectivity index (χ0v) is 12.4. The number of benzene rings is 2. The summed E-state index contributed by atoms with van der Waals surface area (Å²) in [6.45, 7) is 0. The molecule has 0 spiro atoms. The summed E-state index contributed by atoms with van der Waals surface area (Å²) < 4.78 is 4.56. The monoisotopic (exact) mass is 310 g/mol. The Bertz CT molecular complexity index is 727. The lowest BCUT2D eigenvalue weighted by molar-refractivity contribution is 0.0817. The molecule has 0 heterocycles. The van der Waals surface area contributed by atoms with Crippen LogP contribution in [0.4, 0.5) is 4.79 Å². The van der Waals surface area contributed by atoms with Gasteiger partial charge in [-0.25, -0.2) is 9.69 Å². The van der Waals surface area contributed by atoms with Crippen LogP contribution in [-0.2, 0) is 4.74 Å². The lowest BCUT2D eigenvalue weighted by Crippen LogP contribution is -2.36. The molecule has 0 aliphatic heterocycles. The van der Waals surface area contributed by atoms with Gasteiger partial charge in [-0.3, -0.25) is 9.59 Å². The predicted molar refractivity (Wildman–Crippen MR) is 84.3 cm³/mol. The molecule has 0 aliphatic rings. The SMILES string of the molecule is COC(=O)N(C=NC(=O)c1ccccc1)C(=O)c1ccccc1. The molecule has 0 fully saturated rings. The van der Waals surface area contributed by atoms with Crippen LogP contribution in [0.25, 0.3) is 0 Å². The van der Waals surface area contributed by atoms with Crippen molar-refractivity contribution in [2.45, 2.75) is 0 Å². The van der Waals surface area contributed by atoms with Gasteiger partial charge in [0.15, 0.2) is 0 Å². The van der Waals surface area contributed by atoms with Crippen molar-refractivity contribution in [1.82, 2.24) is 4.90 Å². The molecule has 0 saturated carbocycles. The van der Waals surface area contributed by atoms with Crippen LogP contribution in [0.2, 0.25) is 0 Å². The van der Waals surface area contributed by atoms with Gasteiger partial charge in [0.25, 0.3) is 11.8 Å². The summed E-state index contributed by atoms with van der Waals surface area (Å²) in [5.74, 6) is -1.21. The van der Waals surface area contributed by atoms with Crippen molar-refractivity contribution in [3.05, 3.63) is 71.8 Å². The first kappa shape index (κ1) is 16.1. The summed E-state index contributed by atoms with van der Waals surface area (Å²) >= 11 is 0. The van der Waals surface area contributed by atoms with Crippen LogP contribution in [0.15, 0.2) is 65.7 Å². The quantitative estimate of drug-likeness (QED) is 0.645. The molecule has 0 atom stereocenters. The number of ether oxygens (including phenoxy) is 1. The minimum Gasteiger partial charge on any atom is -0.452 e. The van der Waals surface area contributed by atoms with Crippen LogP contribution in [0.3, 0.4) is 0 Å². The van der Waals surface area contributed by atoms with Crippen LogP contribution < -0.4 is 0 Å². The van der Waals surface area contributed by atoms with Crippen LogP contribution in [-0.4, -0.2) is 36.3 Å². The van der Waals surface area contributed by atoms with Crippen LogP contribution in [0, 0.1) is 0 Å². The molecule has 0 saturated heterocycles. The van der Waals surface area contributed by atoms with E-state index >= 15 is 0 Å². The van der Waals surface area contributed by atoms with Crippen LogP contribution in [0.5, 0.6) is 0 Å². The molecule has 2 aromatic carbocycles. The summed E-state index contributed by atoms with van der Waals surface area (Å²) in [7, 11) is 1.14. The van der Waals surface area contributed by atoms with Gasteiger partial charge in [-0.2, -0.15) is 4.99 Å². The highest BCUT2D eigenvalue weighted by Crippen LogP contribution is 2.06. The van der Waals surface area contributed by atoms with E-state index in [1.165, 1.54) is 0 Å². The zero-order valence-electron chi connectivity index (χ0n) is 12.4. The lowest BCUT2D eigenvalue weighted by Gasteiger charge is -2.13. The highest BCUT2D eigenvalue weighted by molar-refractivity contribution is 6.12. The standard InChI is InChI=1S/C17H14N2O4/c1-23-17(22)19(16(21)14-10-6-3-7-11-14)12-18-15(20)13-8-4-2-5-9-13/h2-12H,1H3. The molecule has 6 heteroatoms.